The number of para-hydroxylation sites is 1. The minimum Gasteiger partial charge on any atom is -0.398 e. The molecule has 0 unspecified atom stereocenters. The summed E-state index contributed by atoms with van der Waals surface area (Å²) in [4.78, 5) is 0. The van der Waals surface area contributed by atoms with Crippen molar-refractivity contribution in [1.82, 2.24) is 5.32 Å². The van der Waals surface area contributed by atoms with Crippen LogP contribution in [0.1, 0.15) is 35.6 Å². The maximum atomic E-state index is 13.5. The Morgan fingerprint density at radius 1 is 0.943 bits per heavy atom. The first-order valence-electron chi connectivity index (χ1n) is 11.5. The van der Waals surface area contributed by atoms with Gasteiger partial charge in [0, 0.05) is 34.9 Å². The molecule has 3 aromatic carbocycles. The van der Waals surface area contributed by atoms with Crippen molar-refractivity contribution >= 4 is 17.1 Å². The molecule has 0 saturated carbocycles. The molecule has 0 radical (unpaired) electrons. The minimum absolute atomic E-state index is 0.0690. The van der Waals surface area contributed by atoms with Crippen molar-refractivity contribution in [3.63, 3.8) is 0 Å². The lowest BCUT2D eigenvalue weighted by Crippen LogP contribution is -2.14. The van der Waals surface area contributed by atoms with Gasteiger partial charge in [0.05, 0.1) is 5.56 Å². The third kappa shape index (κ3) is 7.27. The summed E-state index contributed by atoms with van der Waals surface area (Å²) in [5.74, 6) is 0. The number of benzene rings is 3. The van der Waals surface area contributed by atoms with Crippen LogP contribution in [-0.4, -0.2) is 6.54 Å². The molecule has 182 valence electrons. The first-order chi connectivity index (χ1) is 16.8. The zero-order chi connectivity index (χ0) is 25.3. The van der Waals surface area contributed by atoms with E-state index in [4.69, 9.17) is 5.73 Å². The molecule has 0 bridgehead atoms. The second-order valence-corrected chi connectivity index (χ2v) is 8.06. The molecule has 0 amide bonds. The van der Waals surface area contributed by atoms with Gasteiger partial charge in [0.15, 0.2) is 0 Å². The number of hydrogen-bond donors (Lipinski definition) is 3. The predicted octanol–water partition coefficient (Wildman–Crippen LogP) is 7.21. The number of halogens is 3. The topological polar surface area (TPSA) is 50.1 Å². The number of rotatable bonds is 10. The Morgan fingerprint density at radius 3 is 2.31 bits per heavy atom. The highest BCUT2D eigenvalue weighted by molar-refractivity contribution is 5.76. The largest absolute Gasteiger partial charge is 0.416 e. The molecular formula is C29H30F3N3. The fraction of sp³-hybridized carbons (Fsp3) is 0.172. The fourth-order valence-corrected chi connectivity index (χ4v) is 3.62. The van der Waals surface area contributed by atoms with E-state index in [1.54, 1.807) is 18.2 Å². The van der Waals surface area contributed by atoms with Crippen LogP contribution in [0.2, 0.25) is 0 Å². The zero-order valence-corrected chi connectivity index (χ0v) is 19.7. The molecule has 6 heteroatoms. The molecule has 0 aliphatic carbocycles. The van der Waals surface area contributed by atoms with E-state index in [1.165, 1.54) is 12.1 Å². The lowest BCUT2D eigenvalue weighted by atomic mass is 10.0. The van der Waals surface area contributed by atoms with Crippen LogP contribution in [0.25, 0.3) is 11.4 Å². The monoisotopic (exact) mass is 477 g/mol. The van der Waals surface area contributed by atoms with Crippen LogP contribution < -0.4 is 16.4 Å². The van der Waals surface area contributed by atoms with Crippen LogP contribution in [0.4, 0.5) is 18.9 Å². The summed E-state index contributed by atoms with van der Waals surface area (Å²) in [5, 5.41) is 6.65. The van der Waals surface area contributed by atoms with Gasteiger partial charge in [-0.25, -0.2) is 0 Å². The van der Waals surface area contributed by atoms with Crippen molar-refractivity contribution in [3.8, 4) is 0 Å². The molecular weight excluding hydrogens is 447 g/mol. The van der Waals surface area contributed by atoms with Gasteiger partial charge in [-0.1, -0.05) is 86.3 Å². The molecule has 0 spiro atoms. The maximum absolute atomic E-state index is 13.5. The van der Waals surface area contributed by atoms with E-state index in [1.807, 2.05) is 54.6 Å². The number of nitrogens with one attached hydrogen (secondary N) is 2. The van der Waals surface area contributed by atoms with Crippen LogP contribution >= 0.6 is 0 Å². The summed E-state index contributed by atoms with van der Waals surface area (Å²) in [6, 6.07) is 22.7. The first kappa shape index (κ1) is 25.7. The van der Waals surface area contributed by atoms with Crippen molar-refractivity contribution in [3.05, 3.63) is 126 Å². The molecule has 0 aliphatic rings. The second kappa shape index (κ2) is 12.0. The predicted molar refractivity (Wildman–Crippen MR) is 139 cm³/mol. The van der Waals surface area contributed by atoms with Gasteiger partial charge in [-0.15, -0.1) is 0 Å². The van der Waals surface area contributed by atoms with Crippen molar-refractivity contribution in [2.24, 2.45) is 5.73 Å². The molecule has 3 rings (SSSR count). The molecule has 0 aromatic heterocycles. The molecule has 3 aromatic rings. The van der Waals surface area contributed by atoms with Crippen molar-refractivity contribution in [2.75, 3.05) is 11.9 Å². The number of alkyl halides is 3. The van der Waals surface area contributed by atoms with Crippen LogP contribution in [-0.2, 0) is 12.6 Å². The highest BCUT2D eigenvalue weighted by Crippen LogP contribution is 2.32. The van der Waals surface area contributed by atoms with Gasteiger partial charge in [-0.05, 0) is 42.2 Å². The molecule has 0 fully saturated rings. The smallest absolute Gasteiger partial charge is 0.398 e. The van der Waals surface area contributed by atoms with E-state index in [-0.39, 0.29) is 12.0 Å². The Labute approximate surface area is 204 Å². The van der Waals surface area contributed by atoms with Gasteiger partial charge in [-0.2, -0.15) is 13.2 Å². The standard InChI is InChI=1S/C29H30F3N3/c1-3-19-34-28-16-10-8-14-25(28)21(2)35-24(20-27(33)23-12-5-4-6-13-23)18-17-22-11-7-9-15-26(22)29(30,31)32/h4-16,18,20,34-35H,2-3,17,19,33H2,1H3/b24-18+,27-20-. The van der Waals surface area contributed by atoms with Crippen LogP contribution in [0.15, 0.2) is 103 Å². The molecule has 4 N–H and O–H groups in total. The average Bonchev–Trinajstić information content (AvgIpc) is 2.86. The van der Waals surface area contributed by atoms with Gasteiger partial charge < -0.3 is 16.4 Å². The van der Waals surface area contributed by atoms with Gasteiger partial charge in [0.2, 0.25) is 0 Å². The lowest BCUT2D eigenvalue weighted by Gasteiger charge is -2.17. The van der Waals surface area contributed by atoms with E-state index in [2.05, 4.69) is 24.1 Å². The summed E-state index contributed by atoms with van der Waals surface area (Å²) in [5.41, 5.74) is 10.1. The molecule has 3 nitrogen and oxygen atoms in total. The van der Waals surface area contributed by atoms with Gasteiger partial charge >= 0.3 is 6.18 Å². The first-order valence-corrected chi connectivity index (χ1v) is 11.5. The van der Waals surface area contributed by atoms with E-state index in [9.17, 15) is 13.2 Å². The van der Waals surface area contributed by atoms with E-state index >= 15 is 0 Å². The number of anilines is 1. The van der Waals surface area contributed by atoms with Crippen molar-refractivity contribution < 1.29 is 13.2 Å². The number of nitrogens with two attached hydrogens (primary N) is 1. The van der Waals surface area contributed by atoms with E-state index in [0.717, 1.165) is 35.8 Å². The SMILES string of the molecule is C=C(NC(/C=C(\N)c1ccccc1)=C/Cc1ccccc1C(F)(F)F)c1ccccc1NCCC. The van der Waals surface area contributed by atoms with Gasteiger partial charge in [0.1, 0.15) is 0 Å². The van der Waals surface area contributed by atoms with Crippen molar-refractivity contribution in [2.45, 2.75) is 25.9 Å². The molecule has 0 atom stereocenters. The Bertz CT molecular complexity index is 1200. The highest BCUT2D eigenvalue weighted by atomic mass is 19.4. The van der Waals surface area contributed by atoms with Crippen LogP contribution in [0, 0.1) is 0 Å². The maximum Gasteiger partial charge on any atom is 0.416 e. The molecule has 0 aliphatic heterocycles. The van der Waals surface area contributed by atoms with Crippen molar-refractivity contribution in [1.29, 1.82) is 0 Å². The van der Waals surface area contributed by atoms with Crippen LogP contribution in [0.3, 0.4) is 0 Å². The van der Waals surface area contributed by atoms with E-state index < -0.39 is 11.7 Å². The van der Waals surface area contributed by atoms with Gasteiger partial charge in [0.25, 0.3) is 0 Å². The second-order valence-electron chi connectivity index (χ2n) is 8.06. The summed E-state index contributed by atoms with van der Waals surface area (Å²) in [7, 11) is 0. The lowest BCUT2D eigenvalue weighted by molar-refractivity contribution is -0.138. The zero-order valence-electron chi connectivity index (χ0n) is 19.7. The van der Waals surface area contributed by atoms with E-state index in [0.29, 0.717) is 17.1 Å². The summed E-state index contributed by atoms with van der Waals surface area (Å²) in [6.07, 6.45) is 0.0325. The quantitative estimate of drug-likeness (QED) is 0.270. The molecule has 0 heterocycles. The Hall–Kier alpha value is -3.93. The Kier molecular flexibility index (Phi) is 8.79. The third-order valence-corrected chi connectivity index (χ3v) is 5.40. The summed E-state index contributed by atoms with van der Waals surface area (Å²) in [6.45, 7) is 7.07. The van der Waals surface area contributed by atoms with Gasteiger partial charge in [-0.3, -0.25) is 0 Å². The number of hydrogen-bond acceptors (Lipinski definition) is 3. The summed E-state index contributed by atoms with van der Waals surface area (Å²) >= 11 is 0. The third-order valence-electron chi connectivity index (χ3n) is 5.40. The average molecular weight is 478 g/mol. The van der Waals surface area contributed by atoms with Crippen LogP contribution in [0.5, 0.6) is 0 Å². The Morgan fingerprint density at radius 2 is 1.60 bits per heavy atom. The fourth-order valence-electron chi connectivity index (χ4n) is 3.62. The molecule has 0 saturated heterocycles. The normalized spacial score (nSPS) is 12.3. The highest BCUT2D eigenvalue weighted by Gasteiger charge is 2.32. The Balaban J connectivity index is 1.95. The summed E-state index contributed by atoms with van der Waals surface area (Å²) < 4.78 is 40.5. The minimum atomic E-state index is -4.43. The number of allylic oxidation sites excluding steroid dienone is 2. The molecule has 35 heavy (non-hydrogen) atoms.